The van der Waals surface area contributed by atoms with Crippen molar-refractivity contribution in [1.29, 1.82) is 0 Å². The topological polar surface area (TPSA) is 63.4 Å². The van der Waals surface area contributed by atoms with Crippen molar-refractivity contribution < 1.29 is 12.8 Å². The van der Waals surface area contributed by atoms with Crippen LogP contribution in [-0.4, -0.2) is 31.9 Å². The summed E-state index contributed by atoms with van der Waals surface area (Å²) in [7, 11) is -3.84. The highest BCUT2D eigenvalue weighted by molar-refractivity contribution is 7.89. The standard InChI is InChI=1S/C13H16ClFN2O2S.ClH/c14-9-2-3-11(15)13(5-9)20(18,19)17-6-8-1-4-12(16)10(8)7-17;/h2-3,5,8,10,12H,1,4,6-7,16H2;1H. The molecule has 0 spiro atoms. The molecular formula is C13H17Cl2FN2O2S. The molecule has 0 amide bonds. The molecule has 8 heteroatoms. The van der Waals surface area contributed by atoms with Gasteiger partial charge in [0.1, 0.15) is 10.7 Å². The van der Waals surface area contributed by atoms with Gasteiger partial charge in [0.15, 0.2) is 0 Å². The van der Waals surface area contributed by atoms with Crippen LogP contribution in [0.25, 0.3) is 0 Å². The lowest BCUT2D eigenvalue weighted by Gasteiger charge is -2.19. The van der Waals surface area contributed by atoms with Gasteiger partial charge >= 0.3 is 0 Å². The van der Waals surface area contributed by atoms with E-state index in [1.165, 1.54) is 16.4 Å². The van der Waals surface area contributed by atoms with E-state index in [-0.39, 0.29) is 34.3 Å². The van der Waals surface area contributed by atoms with Gasteiger partial charge in [-0.1, -0.05) is 11.6 Å². The molecule has 1 saturated heterocycles. The number of nitrogens with two attached hydrogens (primary N) is 1. The fourth-order valence-electron chi connectivity index (χ4n) is 3.28. The molecule has 3 rings (SSSR count). The molecule has 118 valence electrons. The lowest BCUT2D eigenvalue weighted by molar-refractivity contribution is 0.424. The molecule has 21 heavy (non-hydrogen) atoms. The summed E-state index contributed by atoms with van der Waals surface area (Å²) in [5.41, 5.74) is 6.00. The zero-order chi connectivity index (χ0) is 14.5. The van der Waals surface area contributed by atoms with Gasteiger partial charge < -0.3 is 5.73 Å². The van der Waals surface area contributed by atoms with Gasteiger partial charge in [-0.15, -0.1) is 12.4 Å². The third kappa shape index (κ3) is 2.92. The summed E-state index contributed by atoms with van der Waals surface area (Å²) >= 11 is 5.78. The minimum atomic E-state index is -3.84. The third-order valence-electron chi connectivity index (χ3n) is 4.39. The number of fused-ring (bicyclic) bond motifs is 1. The molecule has 3 atom stereocenters. The molecule has 0 radical (unpaired) electrons. The SMILES string of the molecule is Cl.NC1CCC2CN(S(=O)(=O)c3cc(Cl)ccc3F)CC12. The Morgan fingerprint density at radius 3 is 2.67 bits per heavy atom. The van der Waals surface area contributed by atoms with Gasteiger partial charge in [0.05, 0.1) is 0 Å². The van der Waals surface area contributed by atoms with Crippen LogP contribution in [0.15, 0.2) is 23.1 Å². The zero-order valence-corrected chi connectivity index (χ0v) is 13.6. The Labute approximate surface area is 134 Å². The Morgan fingerprint density at radius 2 is 2.00 bits per heavy atom. The lowest BCUT2D eigenvalue weighted by atomic mass is 9.98. The number of nitrogens with zero attached hydrogens (tertiary/aromatic N) is 1. The largest absolute Gasteiger partial charge is 0.327 e. The van der Waals surface area contributed by atoms with E-state index >= 15 is 0 Å². The number of halogens is 3. The smallest absolute Gasteiger partial charge is 0.246 e. The maximum absolute atomic E-state index is 13.8. The van der Waals surface area contributed by atoms with Crippen LogP contribution in [-0.2, 0) is 10.0 Å². The summed E-state index contributed by atoms with van der Waals surface area (Å²) in [5, 5.41) is 0.209. The average molecular weight is 355 g/mol. The maximum atomic E-state index is 13.8. The molecule has 1 aliphatic carbocycles. The minimum absolute atomic E-state index is 0. The van der Waals surface area contributed by atoms with Crippen molar-refractivity contribution in [2.24, 2.45) is 17.6 Å². The van der Waals surface area contributed by atoms with E-state index in [2.05, 4.69) is 0 Å². The van der Waals surface area contributed by atoms with E-state index in [4.69, 9.17) is 17.3 Å². The molecule has 3 unspecified atom stereocenters. The number of hydrogen-bond acceptors (Lipinski definition) is 3. The minimum Gasteiger partial charge on any atom is -0.327 e. The van der Waals surface area contributed by atoms with E-state index in [0.29, 0.717) is 19.0 Å². The summed E-state index contributed by atoms with van der Waals surface area (Å²) < 4.78 is 40.2. The summed E-state index contributed by atoms with van der Waals surface area (Å²) in [6.07, 6.45) is 1.88. The van der Waals surface area contributed by atoms with Crippen LogP contribution in [0, 0.1) is 17.7 Å². The van der Waals surface area contributed by atoms with Crippen molar-refractivity contribution in [1.82, 2.24) is 4.31 Å². The van der Waals surface area contributed by atoms with Crippen molar-refractivity contribution >= 4 is 34.0 Å². The van der Waals surface area contributed by atoms with Crippen molar-refractivity contribution in [2.45, 2.75) is 23.8 Å². The molecule has 4 nitrogen and oxygen atoms in total. The number of rotatable bonds is 2. The summed E-state index contributed by atoms with van der Waals surface area (Å²) in [4.78, 5) is -0.349. The van der Waals surface area contributed by atoms with E-state index in [1.807, 2.05) is 0 Å². The van der Waals surface area contributed by atoms with E-state index < -0.39 is 15.8 Å². The van der Waals surface area contributed by atoms with Crippen LogP contribution >= 0.6 is 24.0 Å². The van der Waals surface area contributed by atoms with Crippen molar-refractivity contribution in [2.75, 3.05) is 13.1 Å². The van der Waals surface area contributed by atoms with E-state index in [9.17, 15) is 12.8 Å². The zero-order valence-electron chi connectivity index (χ0n) is 11.2. The highest BCUT2D eigenvalue weighted by Gasteiger charge is 2.45. The van der Waals surface area contributed by atoms with Crippen molar-refractivity contribution in [3.8, 4) is 0 Å². The predicted molar refractivity (Wildman–Crippen MR) is 81.6 cm³/mol. The fourth-order valence-corrected chi connectivity index (χ4v) is 5.14. The van der Waals surface area contributed by atoms with Crippen molar-refractivity contribution in [3.63, 3.8) is 0 Å². The van der Waals surface area contributed by atoms with Crippen LogP contribution in [0.4, 0.5) is 4.39 Å². The fraction of sp³-hybridized carbons (Fsp3) is 0.538. The van der Waals surface area contributed by atoms with Crippen LogP contribution in [0.2, 0.25) is 5.02 Å². The van der Waals surface area contributed by atoms with Crippen LogP contribution < -0.4 is 5.73 Å². The first-order valence-electron chi connectivity index (χ1n) is 6.60. The van der Waals surface area contributed by atoms with Gasteiger partial charge in [-0.05, 0) is 42.9 Å². The van der Waals surface area contributed by atoms with Crippen LogP contribution in [0.3, 0.4) is 0 Å². The number of sulfonamides is 1. The van der Waals surface area contributed by atoms with Crippen LogP contribution in [0.5, 0.6) is 0 Å². The Hall–Kier alpha value is -0.400. The van der Waals surface area contributed by atoms with Gasteiger partial charge in [-0.25, -0.2) is 12.8 Å². The predicted octanol–water partition coefficient (Wildman–Crippen LogP) is 2.26. The van der Waals surface area contributed by atoms with Gasteiger partial charge in [0, 0.05) is 24.2 Å². The molecule has 1 aliphatic heterocycles. The molecule has 0 bridgehead atoms. The van der Waals surface area contributed by atoms with Gasteiger partial charge in [-0.3, -0.25) is 0 Å². The highest BCUT2D eigenvalue weighted by atomic mass is 35.5. The molecule has 1 aromatic carbocycles. The summed E-state index contributed by atoms with van der Waals surface area (Å²) in [5.74, 6) is -0.287. The van der Waals surface area contributed by atoms with Gasteiger partial charge in [0.2, 0.25) is 10.0 Å². The first kappa shape index (κ1) is 17.0. The Kier molecular flexibility index (Phi) is 4.85. The molecular weight excluding hydrogens is 338 g/mol. The Morgan fingerprint density at radius 1 is 1.29 bits per heavy atom. The van der Waals surface area contributed by atoms with E-state index in [1.54, 1.807) is 0 Å². The first-order valence-corrected chi connectivity index (χ1v) is 8.42. The van der Waals surface area contributed by atoms with Crippen molar-refractivity contribution in [3.05, 3.63) is 29.0 Å². The molecule has 0 aromatic heterocycles. The van der Waals surface area contributed by atoms with Gasteiger partial charge in [0.25, 0.3) is 0 Å². The number of hydrogen-bond donors (Lipinski definition) is 1. The monoisotopic (exact) mass is 354 g/mol. The van der Waals surface area contributed by atoms with E-state index in [0.717, 1.165) is 18.9 Å². The average Bonchev–Trinajstić information content (AvgIpc) is 2.95. The van der Waals surface area contributed by atoms with Crippen LogP contribution in [0.1, 0.15) is 12.8 Å². The third-order valence-corrected chi connectivity index (χ3v) is 6.47. The maximum Gasteiger partial charge on any atom is 0.246 e. The highest BCUT2D eigenvalue weighted by Crippen LogP contribution is 2.39. The number of benzene rings is 1. The Balaban J connectivity index is 0.00000161. The normalized spacial score (nSPS) is 29.2. The molecule has 2 fully saturated rings. The second-order valence-corrected chi connectivity index (χ2v) is 7.90. The molecule has 2 aliphatic rings. The Bertz CT molecular complexity index is 641. The molecule has 1 aromatic rings. The molecule has 1 heterocycles. The second-order valence-electron chi connectivity index (χ2n) is 5.56. The van der Waals surface area contributed by atoms with Gasteiger partial charge in [-0.2, -0.15) is 4.31 Å². The quantitative estimate of drug-likeness (QED) is 0.885. The molecule has 2 N–H and O–H groups in total. The summed E-state index contributed by atoms with van der Waals surface area (Å²) in [6, 6.07) is 3.63. The molecule has 1 saturated carbocycles. The lowest BCUT2D eigenvalue weighted by Crippen LogP contribution is -2.33. The second kappa shape index (κ2) is 6.01. The first-order chi connectivity index (χ1) is 9.39. The summed E-state index contributed by atoms with van der Waals surface area (Å²) in [6.45, 7) is 0.798.